The Bertz CT molecular complexity index is 813. The lowest BCUT2D eigenvalue weighted by molar-refractivity contribution is -0.384. The first-order valence-electron chi connectivity index (χ1n) is 6.38. The topological polar surface area (TPSA) is 98.8 Å². The van der Waals surface area contributed by atoms with Crippen molar-refractivity contribution < 1.29 is 4.92 Å². The average molecular weight is 284 g/mol. The molecule has 0 aliphatic heterocycles. The summed E-state index contributed by atoms with van der Waals surface area (Å²) < 4.78 is 1.56. The fraction of sp³-hybridized carbons (Fsp3) is 0.154. The molecule has 1 aromatic carbocycles. The molecule has 2 heterocycles. The van der Waals surface area contributed by atoms with E-state index in [9.17, 15) is 10.1 Å². The summed E-state index contributed by atoms with van der Waals surface area (Å²) in [6.45, 7) is 2.70. The van der Waals surface area contributed by atoms with E-state index in [2.05, 4.69) is 20.4 Å². The summed E-state index contributed by atoms with van der Waals surface area (Å²) >= 11 is 0. The van der Waals surface area contributed by atoms with Crippen LogP contribution in [0.4, 0.5) is 11.5 Å². The highest BCUT2D eigenvalue weighted by Gasteiger charge is 2.13. The van der Waals surface area contributed by atoms with Crippen LogP contribution in [0.1, 0.15) is 6.92 Å². The van der Waals surface area contributed by atoms with Crippen molar-refractivity contribution in [3.63, 3.8) is 0 Å². The number of anilines is 1. The summed E-state index contributed by atoms with van der Waals surface area (Å²) in [7, 11) is 0. The molecule has 1 N–H and O–H groups in total. The van der Waals surface area contributed by atoms with Gasteiger partial charge in [-0.15, -0.1) is 0 Å². The van der Waals surface area contributed by atoms with E-state index in [-0.39, 0.29) is 5.69 Å². The van der Waals surface area contributed by atoms with E-state index in [0.717, 1.165) is 11.9 Å². The Balaban J connectivity index is 2.15. The van der Waals surface area contributed by atoms with E-state index in [4.69, 9.17) is 0 Å². The summed E-state index contributed by atoms with van der Waals surface area (Å²) in [5.74, 6) is 0.694. The molecular formula is C13H12N6O2. The van der Waals surface area contributed by atoms with Crippen molar-refractivity contribution >= 4 is 22.5 Å². The SMILES string of the molecule is CCNc1ncnc2c1cnn2-c1cccc([N+](=O)[O-])c1. The van der Waals surface area contributed by atoms with Crippen LogP contribution in [0.2, 0.25) is 0 Å². The van der Waals surface area contributed by atoms with Gasteiger partial charge in [0.05, 0.1) is 22.2 Å². The zero-order valence-electron chi connectivity index (χ0n) is 11.2. The molecule has 106 valence electrons. The van der Waals surface area contributed by atoms with E-state index in [1.54, 1.807) is 23.0 Å². The maximum absolute atomic E-state index is 10.9. The van der Waals surface area contributed by atoms with Gasteiger partial charge in [-0.2, -0.15) is 5.10 Å². The van der Waals surface area contributed by atoms with Gasteiger partial charge < -0.3 is 5.32 Å². The second kappa shape index (κ2) is 5.16. The summed E-state index contributed by atoms with van der Waals surface area (Å²) in [5, 5.41) is 19.0. The van der Waals surface area contributed by atoms with Crippen molar-refractivity contribution in [3.05, 3.63) is 46.9 Å². The van der Waals surface area contributed by atoms with Crippen LogP contribution in [0.25, 0.3) is 16.7 Å². The van der Waals surface area contributed by atoms with E-state index in [1.807, 2.05) is 6.92 Å². The second-order valence-corrected chi connectivity index (χ2v) is 4.32. The third-order valence-electron chi connectivity index (χ3n) is 3.00. The Labute approximate surface area is 119 Å². The van der Waals surface area contributed by atoms with Gasteiger partial charge >= 0.3 is 0 Å². The summed E-state index contributed by atoms with van der Waals surface area (Å²) in [5.41, 5.74) is 1.19. The average Bonchev–Trinajstić information content (AvgIpc) is 2.93. The van der Waals surface area contributed by atoms with Crippen LogP contribution < -0.4 is 5.32 Å². The zero-order valence-corrected chi connectivity index (χ0v) is 11.2. The van der Waals surface area contributed by atoms with Gasteiger partial charge in [-0.3, -0.25) is 10.1 Å². The number of nitrogens with zero attached hydrogens (tertiary/aromatic N) is 5. The highest BCUT2D eigenvalue weighted by molar-refractivity contribution is 5.87. The first-order chi connectivity index (χ1) is 10.2. The number of benzene rings is 1. The number of rotatable bonds is 4. The number of aromatic nitrogens is 4. The van der Waals surface area contributed by atoms with Crippen LogP contribution in [0.5, 0.6) is 0 Å². The second-order valence-electron chi connectivity index (χ2n) is 4.32. The number of non-ortho nitro benzene ring substituents is 1. The van der Waals surface area contributed by atoms with Gasteiger partial charge in [-0.1, -0.05) is 6.07 Å². The molecule has 0 radical (unpaired) electrons. The monoisotopic (exact) mass is 284 g/mol. The minimum atomic E-state index is -0.436. The Morgan fingerprint density at radius 3 is 3.00 bits per heavy atom. The summed E-state index contributed by atoms with van der Waals surface area (Å²) in [6.07, 6.45) is 3.09. The van der Waals surface area contributed by atoms with Crippen LogP contribution in [-0.4, -0.2) is 31.2 Å². The van der Waals surface area contributed by atoms with Gasteiger partial charge in [-0.05, 0) is 13.0 Å². The maximum Gasteiger partial charge on any atom is 0.271 e. The van der Waals surface area contributed by atoms with E-state index in [1.165, 1.54) is 18.5 Å². The molecule has 0 spiro atoms. The van der Waals surface area contributed by atoms with Crippen molar-refractivity contribution in [1.29, 1.82) is 0 Å². The van der Waals surface area contributed by atoms with Crippen LogP contribution >= 0.6 is 0 Å². The van der Waals surface area contributed by atoms with Crippen molar-refractivity contribution in [1.82, 2.24) is 19.7 Å². The zero-order chi connectivity index (χ0) is 14.8. The molecule has 0 atom stereocenters. The largest absolute Gasteiger partial charge is 0.370 e. The molecule has 0 unspecified atom stereocenters. The Morgan fingerprint density at radius 2 is 2.24 bits per heavy atom. The minimum Gasteiger partial charge on any atom is -0.370 e. The fourth-order valence-corrected chi connectivity index (χ4v) is 2.08. The minimum absolute atomic E-state index is 0.0112. The Hall–Kier alpha value is -3.03. The van der Waals surface area contributed by atoms with Crippen molar-refractivity contribution in [3.8, 4) is 5.69 Å². The molecule has 8 heteroatoms. The number of nitrogens with one attached hydrogen (secondary N) is 1. The lowest BCUT2D eigenvalue weighted by Crippen LogP contribution is -2.02. The third-order valence-corrected chi connectivity index (χ3v) is 3.00. The van der Waals surface area contributed by atoms with Crippen LogP contribution in [0, 0.1) is 10.1 Å². The number of hydrogen-bond donors (Lipinski definition) is 1. The predicted molar refractivity (Wildman–Crippen MR) is 77.5 cm³/mol. The van der Waals surface area contributed by atoms with Gasteiger partial charge in [-0.25, -0.2) is 14.6 Å². The van der Waals surface area contributed by atoms with Crippen LogP contribution in [-0.2, 0) is 0 Å². The molecule has 2 aromatic heterocycles. The number of nitro benzene ring substituents is 1. The molecule has 0 saturated heterocycles. The van der Waals surface area contributed by atoms with Gasteiger partial charge in [0.25, 0.3) is 5.69 Å². The van der Waals surface area contributed by atoms with Crippen LogP contribution in [0.3, 0.4) is 0 Å². The van der Waals surface area contributed by atoms with Gasteiger partial charge in [0, 0.05) is 18.7 Å². The lowest BCUT2D eigenvalue weighted by Gasteiger charge is -2.04. The Kier molecular flexibility index (Phi) is 3.19. The molecular weight excluding hydrogens is 272 g/mol. The first-order valence-corrected chi connectivity index (χ1v) is 6.38. The lowest BCUT2D eigenvalue weighted by atomic mass is 10.3. The normalized spacial score (nSPS) is 10.7. The molecule has 0 aliphatic carbocycles. The highest BCUT2D eigenvalue weighted by Crippen LogP contribution is 2.23. The molecule has 0 saturated carbocycles. The van der Waals surface area contributed by atoms with Crippen molar-refractivity contribution in [2.24, 2.45) is 0 Å². The van der Waals surface area contributed by atoms with Crippen molar-refractivity contribution in [2.45, 2.75) is 6.92 Å². The summed E-state index contributed by atoms with van der Waals surface area (Å²) in [6, 6.07) is 6.26. The van der Waals surface area contributed by atoms with Gasteiger partial charge in [0.1, 0.15) is 12.1 Å². The van der Waals surface area contributed by atoms with E-state index < -0.39 is 4.92 Å². The standard InChI is InChI=1S/C13H12N6O2/c1-2-14-12-11-7-17-18(13(11)16-8-15-12)9-4-3-5-10(6-9)19(20)21/h3-8H,2H2,1H3,(H,14,15,16). The van der Waals surface area contributed by atoms with Gasteiger partial charge in [0.2, 0.25) is 0 Å². The smallest absolute Gasteiger partial charge is 0.271 e. The third kappa shape index (κ3) is 2.27. The molecule has 0 amide bonds. The maximum atomic E-state index is 10.9. The first kappa shape index (κ1) is 13.0. The van der Waals surface area contributed by atoms with E-state index in [0.29, 0.717) is 17.2 Å². The number of fused-ring (bicyclic) bond motifs is 1. The summed E-state index contributed by atoms with van der Waals surface area (Å²) in [4.78, 5) is 18.8. The molecule has 8 nitrogen and oxygen atoms in total. The molecule has 3 rings (SSSR count). The van der Waals surface area contributed by atoms with Gasteiger partial charge in [0.15, 0.2) is 5.65 Å². The van der Waals surface area contributed by atoms with E-state index >= 15 is 0 Å². The molecule has 3 aromatic rings. The molecule has 0 aliphatic rings. The molecule has 0 bridgehead atoms. The number of nitro groups is 1. The Morgan fingerprint density at radius 1 is 1.38 bits per heavy atom. The fourth-order valence-electron chi connectivity index (χ4n) is 2.08. The quantitative estimate of drug-likeness (QED) is 0.582. The predicted octanol–water partition coefficient (Wildman–Crippen LogP) is 2.16. The highest BCUT2D eigenvalue weighted by atomic mass is 16.6. The number of hydrogen-bond acceptors (Lipinski definition) is 6. The molecule has 21 heavy (non-hydrogen) atoms. The van der Waals surface area contributed by atoms with Crippen molar-refractivity contribution in [2.75, 3.05) is 11.9 Å². The molecule has 0 fully saturated rings. The van der Waals surface area contributed by atoms with Crippen LogP contribution in [0.15, 0.2) is 36.8 Å².